The number of hydrogen-bond acceptors (Lipinski definition) is 5. The third-order valence-corrected chi connectivity index (χ3v) is 6.10. The Balaban J connectivity index is 2.16. The zero-order valence-electron chi connectivity index (χ0n) is 15.5. The molecule has 0 saturated carbocycles. The molecule has 0 aromatic heterocycles. The number of hydrogen-bond donors (Lipinski definition) is 3. The fraction of sp³-hybridized carbons (Fsp3) is 0.364. The molecule has 1 aromatic rings. The zero-order chi connectivity index (χ0) is 19.8. The summed E-state index contributed by atoms with van der Waals surface area (Å²) in [5.74, 6) is -1.31. The van der Waals surface area contributed by atoms with Crippen LogP contribution in [0.1, 0.15) is 44.2 Å². The molecule has 2 bridgehead atoms. The lowest BCUT2D eigenvalue weighted by Gasteiger charge is -2.49. The molecule has 3 atom stereocenters. The maximum absolute atomic E-state index is 13.3. The Labute approximate surface area is 157 Å². The first-order valence-electron chi connectivity index (χ1n) is 8.97. The second-order valence-electron chi connectivity index (χ2n) is 8.38. The average molecular weight is 366 g/mol. The molecule has 0 aliphatic heterocycles. The molecule has 3 unspecified atom stereocenters. The second-order valence-corrected chi connectivity index (χ2v) is 8.38. The summed E-state index contributed by atoms with van der Waals surface area (Å²) in [6.45, 7) is 5.06. The molecule has 27 heavy (non-hydrogen) atoms. The summed E-state index contributed by atoms with van der Waals surface area (Å²) < 4.78 is 0. The molecule has 0 fully saturated rings. The van der Waals surface area contributed by atoms with E-state index in [0.717, 1.165) is 5.57 Å². The topological polar surface area (TPSA) is 94.8 Å². The summed E-state index contributed by atoms with van der Waals surface area (Å²) in [6.07, 6.45) is 7.83. The van der Waals surface area contributed by atoms with Gasteiger partial charge >= 0.3 is 0 Å². The van der Waals surface area contributed by atoms with E-state index in [4.69, 9.17) is 0 Å². The third-order valence-electron chi connectivity index (χ3n) is 6.10. The predicted molar refractivity (Wildman–Crippen MR) is 99.6 cm³/mol. The van der Waals surface area contributed by atoms with Crippen LogP contribution in [-0.4, -0.2) is 32.5 Å². The van der Waals surface area contributed by atoms with Gasteiger partial charge in [0, 0.05) is 17.0 Å². The van der Waals surface area contributed by atoms with E-state index in [2.05, 4.69) is 0 Å². The number of phenols is 2. The first kappa shape index (κ1) is 17.7. The maximum Gasteiger partial charge on any atom is 0.168 e. The fourth-order valence-electron chi connectivity index (χ4n) is 5.14. The Morgan fingerprint density at radius 1 is 1.11 bits per heavy atom. The average Bonchev–Trinajstić information content (AvgIpc) is 2.72. The molecule has 3 aliphatic rings. The molecule has 0 saturated heterocycles. The van der Waals surface area contributed by atoms with Crippen LogP contribution in [0.2, 0.25) is 0 Å². The molecule has 140 valence electrons. The lowest BCUT2D eigenvalue weighted by molar-refractivity contribution is -0.136. The summed E-state index contributed by atoms with van der Waals surface area (Å²) in [6, 6.07) is 2.75. The zero-order valence-corrected chi connectivity index (χ0v) is 15.5. The molecule has 0 amide bonds. The van der Waals surface area contributed by atoms with Crippen LogP contribution in [0.15, 0.2) is 48.1 Å². The van der Waals surface area contributed by atoms with Crippen LogP contribution >= 0.6 is 0 Å². The smallest absolute Gasteiger partial charge is 0.168 e. The maximum atomic E-state index is 13.3. The van der Waals surface area contributed by atoms with Gasteiger partial charge in [-0.3, -0.25) is 9.59 Å². The van der Waals surface area contributed by atoms with E-state index < -0.39 is 22.3 Å². The molecule has 3 aliphatic carbocycles. The molecule has 0 spiro atoms. The van der Waals surface area contributed by atoms with Gasteiger partial charge in [0.25, 0.3) is 0 Å². The Morgan fingerprint density at radius 3 is 2.41 bits per heavy atom. The number of ketones is 2. The number of fused-ring (bicyclic) bond motifs is 2. The number of carbonyl (C=O) groups excluding carboxylic acids is 2. The van der Waals surface area contributed by atoms with Crippen LogP contribution in [0.3, 0.4) is 0 Å². The van der Waals surface area contributed by atoms with E-state index in [-0.39, 0.29) is 29.5 Å². The monoisotopic (exact) mass is 366 g/mol. The summed E-state index contributed by atoms with van der Waals surface area (Å²) in [5, 5.41) is 31.5. The van der Waals surface area contributed by atoms with Crippen molar-refractivity contribution in [1.29, 1.82) is 0 Å². The Bertz CT molecular complexity index is 975. The summed E-state index contributed by atoms with van der Waals surface area (Å²) in [5.41, 5.74) is -2.19. The van der Waals surface area contributed by atoms with Gasteiger partial charge in [0.05, 0.1) is 16.4 Å². The minimum atomic E-state index is -1.33. The molecule has 4 rings (SSSR count). The van der Waals surface area contributed by atoms with E-state index in [9.17, 15) is 24.9 Å². The molecule has 1 aromatic carbocycles. The van der Waals surface area contributed by atoms with Crippen molar-refractivity contribution < 1.29 is 24.9 Å². The van der Waals surface area contributed by atoms with E-state index in [0.29, 0.717) is 11.1 Å². The first-order valence-corrected chi connectivity index (χ1v) is 8.97. The van der Waals surface area contributed by atoms with Crippen LogP contribution in [0.4, 0.5) is 0 Å². The standard InChI is InChI=1S/C22H22O5/c1-12-10-13-18-14(23)4-5-15(24)19(18)22(11-12)17(26)7-6-16(25)21(13,22)9-8-20(2,3)27/h4-10,13,23-24,27H,11H2,1-3H3. The Morgan fingerprint density at radius 2 is 1.74 bits per heavy atom. The highest BCUT2D eigenvalue weighted by atomic mass is 16.3. The van der Waals surface area contributed by atoms with Crippen LogP contribution in [0.25, 0.3) is 0 Å². The van der Waals surface area contributed by atoms with Gasteiger partial charge in [0.15, 0.2) is 11.6 Å². The number of allylic oxidation sites excluding steroid dienone is 5. The quantitative estimate of drug-likeness (QED) is 0.553. The summed E-state index contributed by atoms with van der Waals surface area (Å²) >= 11 is 0. The Hall–Kier alpha value is -2.66. The minimum Gasteiger partial charge on any atom is -0.508 e. The van der Waals surface area contributed by atoms with Crippen molar-refractivity contribution in [3.05, 3.63) is 59.2 Å². The molecule has 0 radical (unpaired) electrons. The van der Waals surface area contributed by atoms with Gasteiger partial charge in [0.2, 0.25) is 0 Å². The van der Waals surface area contributed by atoms with Crippen molar-refractivity contribution in [3.8, 4) is 11.5 Å². The number of benzene rings is 1. The van der Waals surface area contributed by atoms with Gasteiger partial charge in [-0.05, 0) is 51.5 Å². The van der Waals surface area contributed by atoms with Gasteiger partial charge in [-0.1, -0.05) is 23.8 Å². The number of aliphatic hydroxyl groups is 1. The van der Waals surface area contributed by atoms with Crippen LogP contribution in [0, 0.1) is 5.41 Å². The van der Waals surface area contributed by atoms with E-state index in [1.807, 2.05) is 13.0 Å². The van der Waals surface area contributed by atoms with Gasteiger partial charge in [-0.15, -0.1) is 0 Å². The highest BCUT2D eigenvalue weighted by Gasteiger charge is 2.71. The summed E-state index contributed by atoms with van der Waals surface area (Å²) in [4.78, 5) is 26.6. The number of phenolic OH excluding ortho intramolecular Hbond substituents is 2. The first-order chi connectivity index (χ1) is 12.5. The van der Waals surface area contributed by atoms with Crippen molar-refractivity contribution in [1.82, 2.24) is 0 Å². The molecule has 0 heterocycles. The normalized spacial score (nSPS) is 31.9. The van der Waals surface area contributed by atoms with Gasteiger partial charge in [0.1, 0.15) is 11.5 Å². The van der Waals surface area contributed by atoms with Crippen molar-refractivity contribution in [2.24, 2.45) is 5.41 Å². The van der Waals surface area contributed by atoms with E-state index in [1.165, 1.54) is 30.4 Å². The van der Waals surface area contributed by atoms with Gasteiger partial charge in [-0.2, -0.15) is 0 Å². The van der Waals surface area contributed by atoms with E-state index in [1.54, 1.807) is 19.9 Å². The molecule has 5 heteroatoms. The number of rotatable bonds is 2. The predicted octanol–water partition coefficient (Wildman–Crippen LogP) is 2.80. The second kappa shape index (κ2) is 5.20. The SMILES string of the molecule is CC1=CC2c3c(O)ccc(O)c3C3(C1)C(=O)C=CC(=O)C23C=CC(C)(C)O. The van der Waals surface area contributed by atoms with Crippen LogP contribution in [-0.2, 0) is 15.0 Å². The molecule has 3 N–H and O–H groups in total. The van der Waals surface area contributed by atoms with Crippen LogP contribution in [0.5, 0.6) is 11.5 Å². The largest absolute Gasteiger partial charge is 0.508 e. The number of aromatic hydroxyl groups is 2. The highest BCUT2D eigenvalue weighted by Crippen LogP contribution is 2.70. The highest BCUT2D eigenvalue weighted by molar-refractivity contribution is 6.18. The van der Waals surface area contributed by atoms with E-state index >= 15 is 0 Å². The number of carbonyl (C=O) groups is 2. The summed E-state index contributed by atoms with van der Waals surface area (Å²) in [7, 11) is 0. The third kappa shape index (κ3) is 2.03. The van der Waals surface area contributed by atoms with Crippen LogP contribution < -0.4 is 0 Å². The van der Waals surface area contributed by atoms with Crippen molar-refractivity contribution >= 4 is 11.6 Å². The lowest BCUT2D eigenvalue weighted by Crippen LogP contribution is -2.56. The fourth-order valence-corrected chi connectivity index (χ4v) is 5.14. The lowest BCUT2D eigenvalue weighted by atomic mass is 9.50. The van der Waals surface area contributed by atoms with Crippen molar-refractivity contribution in [3.63, 3.8) is 0 Å². The van der Waals surface area contributed by atoms with Crippen molar-refractivity contribution in [2.45, 2.75) is 44.1 Å². The molecular weight excluding hydrogens is 344 g/mol. The van der Waals surface area contributed by atoms with Gasteiger partial charge in [-0.25, -0.2) is 0 Å². The van der Waals surface area contributed by atoms with Crippen molar-refractivity contribution in [2.75, 3.05) is 0 Å². The molecule has 5 nitrogen and oxygen atoms in total. The minimum absolute atomic E-state index is 0.0517. The molecular formula is C22H22O5. The Kier molecular flexibility index (Phi) is 3.41. The van der Waals surface area contributed by atoms with Gasteiger partial charge < -0.3 is 15.3 Å².